The highest BCUT2D eigenvalue weighted by Gasteiger charge is 2.37. The topological polar surface area (TPSA) is 37.4 Å². The second-order valence-corrected chi connectivity index (χ2v) is 7.19. The van der Waals surface area contributed by atoms with E-state index in [-0.39, 0.29) is 0 Å². The Morgan fingerprint density at radius 3 is 3.14 bits per heavy atom. The molecule has 1 saturated carbocycles. The van der Waals surface area contributed by atoms with E-state index < -0.39 is 0 Å². The zero-order valence-electron chi connectivity index (χ0n) is 12.8. The molecule has 1 aliphatic heterocycles. The van der Waals surface area contributed by atoms with Crippen molar-refractivity contribution in [1.29, 1.82) is 0 Å². The van der Waals surface area contributed by atoms with Crippen molar-refractivity contribution in [2.24, 2.45) is 0 Å². The molecule has 0 bridgehead atoms. The molecule has 2 unspecified atom stereocenters. The van der Waals surface area contributed by atoms with E-state index in [2.05, 4.69) is 46.1 Å². The van der Waals surface area contributed by atoms with Gasteiger partial charge in [-0.05, 0) is 41.3 Å². The zero-order valence-corrected chi connectivity index (χ0v) is 14.4. The molecule has 1 saturated heterocycles. The molecule has 1 aromatic rings. The summed E-state index contributed by atoms with van der Waals surface area (Å²) in [7, 11) is 0. The summed E-state index contributed by atoms with van der Waals surface area (Å²) in [6.45, 7) is 6.97. The Kier molecular flexibility index (Phi) is 4.82. The van der Waals surface area contributed by atoms with Crippen LogP contribution >= 0.6 is 15.9 Å². The summed E-state index contributed by atoms with van der Waals surface area (Å²) < 4.78 is 6.97. The van der Waals surface area contributed by atoms with Gasteiger partial charge in [-0.3, -0.25) is 0 Å². The van der Waals surface area contributed by atoms with Gasteiger partial charge in [0.05, 0.1) is 18.8 Å². The molecule has 1 aliphatic carbocycles. The first-order valence-corrected chi connectivity index (χ1v) is 8.70. The zero-order chi connectivity index (χ0) is 14.8. The lowest BCUT2D eigenvalue weighted by atomic mass is 10.1. The molecule has 2 aliphatic rings. The summed E-state index contributed by atoms with van der Waals surface area (Å²) in [6.07, 6.45) is 5.99. The Morgan fingerprint density at radius 2 is 2.33 bits per heavy atom. The van der Waals surface area contributed by atoms with Gasteiger partial charge in [0.1, 0.15) is 5.82 Å². The summed E-state index contributed by atoms with van der Waals surface area (Å²) in [6, 6.07) is 3.17. The fourth-order valence-corrected chi connectivity index (χ4v) is 3.74. The van der Waals surface area contributed by atoms with E-state index in [9.17, 15) is 0 Å². The molecule has 0 amide bonds. The van der Waals surface area contributed by atoms with Gasteiger partial charge in [0.2, 0.25) is 0 Å². The fourth-order valence-electron chi connectivity index (χ4n) is 3.37. The molecule has 2 atom stereocenters. The van der Waals surface area contributed by atoms with Gasteiger partial charge < -0.3 is 15.0 Å². The SMILES string of the molecule is CC(C)NCc1cc(Br)cnc1N1CCOC2CCCC21. The number of morpholine rings is 1. The second-order valence-electron chi connectivity index (χ2n) is 6.27. The van der Waals surface area contributed by atoms with E-state index in [1.165, 1.54) is 24.8 Å². The van der Waals surface area contributed by atoms with Crippen molar-refractivity contribution in [2.75, 3.05) is 18.1 Å². The van der Waals surface area contributed by atoms with Gasteiger partial charge in [-0.25, -0.2) is 4.98 Å². The third-order valence-corrected chi connectivity index (χ3v) is 4.80. The number of fused-ring (bicyclic) bond motifs is 1. The average molecular weight is 354 g/mol. The van der Waals surface area contributed by atoms with E-state index in [1.54, 1.807) is 0 Å². The van der Waals surface area contributed by atoms with Crippen LogP contribution in [-0.2, 0) is 11.3 Å². The minimum Gasteiger partial charge on any atom is -0.374 e. The summed E-state index contributed by atoms with van der Waals surface area (Å²) in [5.41, 5.74) is 1.27. The lowest BCUT2D eigenvalue weighted by molar-refractivity contribution is 0.0252. The highest BCUT2D eigenvalue weighted by Crippen LogP contribution is 2.34. The number of hydrogen-bond acceptors (Lipinski definition) is 4. The number of halogens is 1. The maximum atomic E-state index is 5.92. The predicted octanol–water partition coefficient (Wildman–Crippen LogP) is 3.10. The molecule has 3 rings (SSSR count). The molecule has 4 nitrogen and oxygen atoms in total. The number of ether oxygens (including phenoxy) is 1. The van der Waals surface area contributed by atoms with E-state index in [4.69, 9.17) is 9.72 Å². The van der Waals surface area contributed by atoms with Crippen LogP contribution in [0.4, 0.5) is 5.82 Å². The van der Waals surface area contributed by atoms with Crippen molar-refractivity contribution in [3.63, 3.8) is 0 Å². The molecule has 1 N–H and O–H groups in total. The fraction of sp³-hybridized carbons (Fsp3) is 0.688. The molecule has 5 heteroatoms. The maximum Gasteiger partial charge on any atom is 0.133 e. The number of aromatic nitrogens is 1. The maximum absolute atomic E-state index is 5.92. The molecule has 2 heterocycles. The summed E-state index contributed by atoms with van der Waals surface area (Å²) in [4.78, 5) is 7.20. The van der Waals surface area contributed by atoms with Gasteiger partial charge in [-0.15, -0.1) is 0 Å². The lowest BCUT2D eigenvalue weighted by Gasteiger charge is -2.39. The summed E-state index contributed by atoms with van der Waals surface area (Å²) in [5.74, 6) is 1.13. The first kappa shape index (κ1) is 15.3. The van der Waals surface area contributed by atoms with Crippen LogP contribution in [0.1, 0.15) is 38.7 Å². The first-order chi connectivity index (χ1) is 10.1. The van der Waals surface area contributed by atoms with Gasteiger partial charge in [-0.1, -0.05) is 13.8 Å². The number of pyridine rings is 1. The van der Waals surface area contributed by atoms with Crippen LogP contribution < -0.4 is 10.2 Å². The van der Waals surface area contributed by atoms with Gasteiger partial charge in [-0.2, -0.15) is 0 Å². The monoisotopic (exact) mass is 353 g/mol. The summed E-state index contributed by atoms with van der Waals surface area (Å²) >= 11 is 3.55. The second kappa shape index (κ2) is 6.63. The Hall–Kier alpha value is -0.650. The third-order valence-electron chi connectivity index (χ3n) is 4.36. The lowest BCUT2D eigenvalue weighted by Crippen LogP contribution is -2.49. The van der Waals surface area contributed by atoms with Crippen molar-refractivity contribution in [1.82, 2.24) is 10.3 Å². The van der Waals surface area contributed by atoms with Crippen molar-refractivity contribution in [3.05, 3.63) is 22.3 Å². The Bertz CT molecular complexity index is 494. The highest BCUT2D eigenvalue weighted by molar-refractivity contribution is 9.10. The number of rotatable bonds is 4. The van der Waals surface area contributed by atoms with Gasteiger partial charge in [0.15, 0.2) is 0 Å². The van der Waals surface area contributed by atoms with Crippen LogP contribution in [0.15, 0.2) is 16.7 Å². The summed E-state index contributed by atoms with van der Waals surface area (Å²) in [5, 5.41) is 3.51. The number of nitrogens with zero attached hydrogens (tertiary/aromatic N) is 2. The van der Waals surface area contributed by atoms with Crippen LogP contribution in [0.25, 0.3) is 0 Å². The predicted molar refractivity (Wildman–Crippen MR) is 88.6 cm³/mol. The Balaban J connectivity index is 1.86. The minimum absolute atomic E-state index is 0.398. The molecular formula is C16H24BrN3O. The van der Waals surface area contributed by atoms with E-state index in [1.807, 2.05) is 6.20 Å². The molecule has 2 fully saturated rings. The number of hydrogen-bond donors (Lipinski definition) is 1. The van der Waals surface area contributed by atoms with Gasteiger partial charge in [0.25, 0.3) is 0 Å². The van der Waals surface area contributed by atoms with Crippen LogP contribution in [0.3, 0.4) is 0 Å². The van der Waals surface area contributed by atoms with Gasteiger partial charge >= 0.3 is 0 Å². The first-order valence-electron chi connectivity index (χ1n) is 7.91. The van der Waals surface area contributed by atoms with Gasteiger partial charge in [0, 0.05) is 35.4 Å². The molecule has 1 aromatic heterocycles. The number of anilines is 1. The van der Waals surface area contributed by atoms with E-state index >= 15 is 0 Å². The quantitative estimate of drug-likeness (QED) is 0.902. The minimum atomic E-state index is 0.398. The van der Waals surface area contributed by atoms with Crippen LogP contribution in [-0.4, -0.2) is 36.3 Å². The third kappa shape index (κ3) is 3.41. The molecule has 0 spiro atoms. The Labute approximate surface area is 135 Å². The molecular weight excluding hydrogens is 330 g/mol. The van der Waals surface area contributed by atoms with E-state index in [0.29, 0.717) is 18.2 Å². The molecule has 0 aromatic carbocycles. The van der Waals surface area contributed by atoms with Crippen molar-refractivity contribution in [3.8, 4) is 0 Å². The average Bonchev–Trinajstić information content (AvgIpc) is 2.93. The molecule has 21 heavy (non-hydrogen) atoms. The van der Waals surface area contributed by atoms with E-state index in [0.717, 1.165) is 30.0 Å². The van der Waals surface area contributed by atoms with Crippen LogP contribution in [0, 0.1) is 0 Å². The Morgan fingerprint density at radius 1 is 1.48 bits per heavy atom. The highest BCUT2D eigenvalue weighted by atomic mass is 79.9. The van der Waals surface area contributed by atoms with Crippen molar-refractivity contribution < 1.29 is 4.74 Å². The molecule has 116 valence electrons. The normalized spacial score (nSPS) is 25.4. The van der Waals surface area contributed by atoms with Crippen LogP contribution in [0.5, 0.6) is 0 Å². The van der Waals surface area contributed by atoms with Crippen LogP contribution in [0.2, 0.25) is 0 Å². The standard InChI is InChI=1S/C16H24BrN3O/c1-11(2)18-9-12-8-13(17)10-19-16(12)20-6-7-21-15-5-3-4-14(15)20/h8,10-11,14-15,18H,3-7,9H2,1-2H3. The van der Waals surface area contributed by atoms with Crippen molar-refractivity contribution >= 4 is 21.7 Å². The number of nitrogens with one attached hydrogen (secondary N) is 1. The molecule has 0 radical (unpaired) electrons. The smallest absolute Gasteiger partial charge is 0.133 e. The van der Waals surface area contributed by atoms with Crippen molar-refractivity contribution in [2.45, 2.75) is 57.8 Å². The largest absolute Gasteiger partial charge is 0.374 e.